The lowest BCUT2D eigenvalue weighted by Gasteiger charge is -2.21. The van der Waals surface area contributed by atoms with Crippen molar-refractivity contribution in [3.63, 3.8) is 0 Å². The molecule has 0 radical (unpaired) electrons. The predicted molar refractivity (Wildman–Crippen MR) is 93.6 cm³/mol. The second kappa shape index (κ2) is 8.69. The summed E-state index contributed by atoms with van der Waals surface area (Å²) in [5.41, 5.74) is -0.295. The van der Waals surface area contributed by atoms with Crippen LogP contribution in [0, 0.1) is 11.3 Å². The fourth-order valence-corrected chi connectivity index (χ4v) is 3.93. The largest absolute Gasteiger partial charge is 0.462 e. The number of rotatable bonds is 5. The third-order valence-electron chi connectivity index (χ3n) is 4.08. The van der Waals surface area contributed by atoms with E-state index in [4.69, 9.17) is 4.74 Å². The molecule has 130 valence electrons. The smallest absolute Gasteiger partial charge is 0.351 e. The van der Waals surface area contributed by atoms with Gasteiger partial charge in [-0.1, -0.05) is 19.3 Å². The van der Waals surface area contributed by atoms with E-state index in [0.717, 1.165) is 24.2 Å². The Morgan fingerprint density at radius 1 is 1.42 bits per heavy atom. The molecule has 1 fully saturated rings. The van der Waals surface area contributed by atoms with Gasteiger partial charge in [0.25, 0.3) is 5.56 Å². The van der Waals surface area contributed by atoms with Gasteiger partial charge in [-0.15, -0.1) is 11.3 Å². The van der Waals surface area contributed by atoms with Gasteiger partial charge in [0.05, 0.1) is 6.61 Å². The first-order valence-corrected chi connectivity index (χ1v) is 9.21. The molecule has 6 nitrogen and oxygen atoms in total. The molecule has 0 amide bonds. The van der Waals surface area contributed by atoms with Crippen LogP contribution in [0.3, 0.4) is 0 Å². The zero-order valence-electron chi connectivity index (χ0n) is 14.1. The lowest BCUT2D eigenvalue weighted by Crippen LogP contribution is -2.34. The zero-order valence-corrected chi connectivity index (χ0v) is 14.9. The summed E-state index contributed by atoms with van der Waals surface area (Å²) >= 11 is 1.16. The van der Waals surface area contributed by atoms with Gasteiger partial charge in [0.2, 0.25) is 0 Å². The number of aromatic nitrogens is 1. The minimum Gasteiger partial charge on any atom is -0.462 e. The zero-order chi connectivity index (χ0) is 17.5. The van der Waals surface area contributed by atoms with Crippen LogP contribution in [0.2, 0.25) is 0 Å². The van der Waals surface area contributed by atoms with Crippen molar-refractivity contribution < 1.29 is 9.53 Å². The second-order valence-electron chi connectivity index (χ2n) is 5.67. The van der Waals surface area contributed by atoms with Crippen molar-refractivity contribution in [3.8, 4) is 6.07 Å². The van der Waals surface area contributed by atoms with Crippen LogP contribution < -0.4 is 20.1 Å². The van der Waals surface area contributed by atoms with Crippen LogP contribution in [-0.4, -0.2) is 23.2 Å². The minimum atomic E-state index is -0.685. The Balaban J connectivity index is 2.45. The van der Waals surface area contributed by atoms with Crippen LogP contribution in [0.4, 0.5) is 0 Å². The number of esters is 1. The van der Waals surface area contributed by atoms with E-state index in [1.807, 2.05) is 13.0 Å². The number of nitriles is 1. The standard InChI is InChI=1S/C17H23N3O3S/c1-3-20-15(21)14(11-19-12-8-6-5-7-9-12)24-16(20)13(10-18)17(22)23-4-2/h11-12,19H,3-9H2,1-2H3/b14-11-,16-13-. The van der Waals surface area contributed by atoms with Crippen molar-refractivity contribution in [1.82, 2.24) is 9.88 Å². The van der Waals surface area contributed by atoms with Crippen molar-refractivity contribution in [1.29, 1.82) is 5.26 Å². The Bertz CT molecular complexity index is 795. The summed E-state index contributed by atoms with van der Waals surface area (Å²) in [5.74, 6) is -0.685. The normalized spacial score (nSPS) is 17.3. The molecule has 0 spiro atoms. The lowest BCUT2D eigenvalue weighted by atomic mass is 9.96. The Morgan fingerprint density at radius 3 is 2.71 bits per heavy atom. The van der Waals surface area contributed by atoms with Gasteiger partial charge in [0, 0.05) is 18.8 Å². The van der Waals surface area contributed by atoms with Crippen molar-refractivity contribution in [2.75, 3.05) is 6.61 Å². The number of carbonyl (C=O) groups excluding carboxylic acids is 1. The highest BCUT2D eigenvalue weighted by molar-refractivity contribution is 7.07. The molecule has 7 heteroatoms. The molecule has 0 atom stereocenters. The van der Waals surface area contributed by atoms with Gasteiger partial charge in [-0.25, -0.2) is 4.79 Å². The van der Waals surface area contributed by atoms with Gasteiger partial charge in [0.15, 0.2) is 5.57 Å². The van der Waals surface area contributed by atoms with Gasteiger partial charge in [0.1, 0.15) is 15.3 Å². The molecule has 1 aromatic heterocycles. The summed E-state index contributed by atoms with van der Waals surface area (Å²) in [4.78, 5) is 24.5. The number of nitrogens with one attached hydrogen (secondary N) is 1. The molecular formula is C17H23N3O3S. The van der Waals surface area contributed by atoms with E-state index < -0.39 is 5.97 Å². The summed E-state index contributed by atoms with van der Waals surface area (Å²) in [7, 11) is 0. The van der Waals surface area contributed by atoms with Crippen LogP contribution in [0.25, 0.3) is 11.8 Å². The molecular weight excluding hydrogens is 326 g/mol. The molecule has 1 aliphatic rings. The van der Waals surface area contributed by atoms with E-state index in [9.17, 15) is 14.9 Å². The molecule has 0 bridgehead atoms. The van der Waals surface area contributed by atoms with Crippen LogP contribution in [0.15, 0.2) is 4.79 Å². The number of ether oxygens (including phenoxy) is 1. The maximum atomic E-state index is 12.5. The van der Waals surface area contributed by atoms with Crippen molar-refractivity contribution in [3.05, 3.63) is 19.5 Å². The summed E-state index contributed by atoms with van der Waals surface area (Å²) < 4.78 is 7.24. The first kappa shape index (κ1) is 18.3. The summed E-state index contributed by atoms with van der Waals surface area (Å²) in [6.07, 6.45) is 7.62. The molecule has 1 heterocycles. The molecule has 1 aromatic rings. The van der Waals surface area contributed by atoms with Gasteiger partial charge in [-0.05, 0) is 26.7 Å². The number of carbonyl (C=O) groups is 1. The predicted octanol–water partition coefficient (Wildman–Crippen LogP) is 0.827. The Hall–Kier alpha value is -2.07. The van der Waals surface area contributed by atoms with Crippen molar-refractivity contribution in [2.24, 2.45) is 0 Å². The third-order valence-corrected chi connectivity index (χ3v) is 5.21. The third kappa shape index (κ3) is 4.06. The SMILES string of the molecule is CCOC(=O)/C(C#N)=c1\s/c(=C\NC2CCCCC2)c(=O)n1CC. The van der Waals surface area contributed by atoms with Gasteiger partial charge >= 0.3 is 5.97 Å². The van der Waals surface area contributed by atoms with E-state index in [1.54, 1.807) is 13.1 Å². The molecule has 1 saturated carbocycles. The Morgan fingerprint density at radius 2 is 2.12 bits per heavy atom. The highest BCUT2D eigenvalue weighted by Crippen LogP contribution is 2.17. The maximum absolute atomic E-state index is 12.5. The highest BCUT2D eigenvalue weighted by Gasteiger charge is 2.16. The van der Waals surface area contributed by atoms with Crippen LogP contribution in [0.1, 0.15) is 46.0 Å². The molecule has 1 aliphatic carbocycles. The van der Waals surface area contributed by atoms with Crippen molar-refractivity contribution >= 4 is 29.1 Å². The second-order valence-corrected chi connectivity index (χ2v) is 6.70. The fourth-order valence-electron chi connectivity index (χ4n) is 2.84. The number of hydrogen-bond donors (Lipinski definition) is 1. The lowest BCUT2D eigenvalue weighted by molar-refractivity contribution is -0.136. The summed E-state index contributed by atoms with van der Waals surface area (Å²) in [6.45, 7) is 4.08. The summed E-state index contributed by atoms with van der Waals surface area (Å²) in [5, 5.41) is 12.6. The van der Waals surface area contributed by atoms with Crippen LogP contribution in [-0.2, 0) is 16.1 Å². The molecule has 0 unspecified atom stereocenters. The minimum absolute atomic E-state index is 0.113. The van der Waals surface area contributed by atoms with Gasteiger partial charge in [-0.2, -0.15) is 5.26 Å². The molecule has 0 aromatic carbocycles. The maximum Gasteiger partial charge on any atom is 0.351 e. The monoisotopic (exact) mass is 349 g/mol. The van der Waals surface area contributed by atoms with Crippen LogP contribution in [0.5, 0.6) is 0 Å². The molecule has 0 saturated heterocycles. The topological polar surface area (TPSA) is 84.1 Å². The van der Waals surface area contributed by atoms with E-state index in [1.165, 1.54) is 23.8 Å². The van der Waals surface area contributed by atoms with Gasteiger partial charge in [-0.3, -0.25) is 9.36 Å². The average Bonchev–Trinajstić information content (AvgIpc) is 2.90. The first-order valence-electron chi connectivity index (χ1n) is 8.39. The molecule has 24 heavy (non-hydrogen) atoms. The van der Waals surface area contributed by atoms with Crippen molar-refractivity contribution in [2.45, 2.75) is 58.5 Å². The fraction of sp³-hybridized carbons (Fsp3) is 0.588. The number of nitrogens with zero attached hydrogens (tertiary/aromatic N) is 2. The van der Waals surface area contributed by atoms with E-state index >= 15 is 0 Å². The first-order chi connectivity index (χ1) is 11.6. The number of hydrogen-bond acceptors (Lipinski definition) is 6. The molecule has 0 aliphatic heterocycles. The molecule has 1 N–H and O–H groups in total. The molecule has 2 rings (SSSR count). The van der Waals surface area contributed by atoms with Gasteiger partial charge < -0.3 is 10.1 Å². The average molecular weight is 349 g/mol. The summed E-state index contributed by atoms with van der Waals surface area (Å²) in [6, 6.07) is 2.27. The van der Waals surface area contributed by atoms with E-state index in [-0.39, 0.29) is 17.7 Å². The van der Waals surface area contributed by atoms with Crippen LogP contribution >= 0.6 is 11.3 Å². The Kier molecular flexibility index (Phi) is 6.62. The highest BCUT2D eigenvalue weighted by atomic mass is 32.1. The number of thiazole rings is 1. The van der Waals surface area contributed by atoms with E-state index in [0.29, 0.717) is 21.8 Å². The quantitative estimate of drug-likeness (QED) is 0.796. The van der Waals surface area contributed by atoms with E-state index in [2.05, 4.69) is 5.32 Å². The Labute approximate surface area is 145 Å².